The Morgan fingerprint density at radius 2 is 2.15 bits per heavy atom. The summed E-state index contributed by atoms with van der Waals surface area (Å²) in [6.45, 7) is 10.1. The van der Waals surface area contributed by atoms with Crippen LogP contribution in [0.15, 0.2) is 21.3 Å². The Morgan fingerprint density at radius 3 is 2.74 bits per heavy atom. The molecule has 2 aromatic rings. The number of amides is 1. The zero-order valence-corrected chi connectivity index (χ0v) is 16.4. The zero-order chi connectivity index (χ0) is 19.6. The van der Waals surface area contributed by atoms with Gasteiger partial charge in [0.2, 0.25) is 0 Å². The van der Waals surface area contributed by atoms with Crippen molar-refractivity contribution in [1.29, 1.82) is 0 Å². The molecule has 2 aromatic heterocycles. The van der Waals surface area contributed by atoms with E-state index in [1.807, 2.05) is 12.1 Å². The standard InChI is InChI=1S/C20H28N4O3/c1-12-8-15(13-6-5-7-21-10-13)27-19(26)17(12)18(25)22-11-14-9-16(24-23-14)20(2,3)4/h8-9,13,21H,5-7,10-11H2,1-4H3,(H,22,25)(H,23,24). The third-order valence-electron chi connectivity index (χ3n) is 4.93. The summed E-state index contributed by atoms with van der Waals surface area (Å²) in [5.74, 6) is 0.411. The fourth-order valence-corrected chi connectivity index (χ4v) is 3.30. The van der Waals surface area contributed by atoms with Crippen LogP contribution in [0.2, 0.25) is 0 Å². The van der Waals surface area contributed by atoms with Crippen LogP contribution in [0.1, 0.15) is 72.6 Å². The minimum atomic E-state index is -0.576. The molecule has 3 N–H and O–H groups in total. The highest BCUT2D eigenvalue weighted by molar-refractivity contribution is 5.95. The number of carbonyl (C=O) groups excluding carboxylic acids is 1. The Kier molecular flexibility index (Phi) is 5.51. The van der Waals surface area contributed by atoms with Crippen LogP contribution in [0.3, 0.4) is 0 Å². The molecule has 1 fully saturated rings. The number of aryl methyl sites for hydroxylation is 1. The molecule has 7 heteroatoms. The number of hydrogen-bond acceptors (Lipinski definition) is 5. The summed E-state index contributed by atoms with van der Waals surface area (Å²) in [4.78, 5) is 25.0. The van der Waals surface area contributed by atoms with Gasteiger partial charge in [-0.3, -0.25) is 9.89 Å². The number of nitrogens with one attached hydrogen (secondary N) is 3. The van der Waals surface area contributed by atoms with Gasteiger partial charge in [0, 0.05) is 17.9 Å². The second kappa shape index (κ2) is 7.68. The maximum absolute atomic E-state index is 12.5. The van der Waals surface area contributed by atoms with E-state index in [9.17, 15) is 9.59 Å². The summed E-state index contributed by atoms with van der Waals surface area (Å²) in [5.41, 5.74) is 1.78. The first-order chi connectivity index (χ1) is 12.8. The van der Waals surface area contributed by atoms with E-state index < -0.39 is 11.5 Å². The summed E-state index contributed by atoms with van der Waals surface area (Å²) in [6.07, 6.45) is 2.03. The molecule has 1 aliphatic heterocycles. The van der Waals surface area contributed by atoms with Crippen LogP contribution in [0, 0.1) is 6.92 Å². The average Bonchev–Trinajstić information content (AvgIpc) is 3.09. The SMILES string of the molecule is Cc1cc(C2CCCNC2)oc(=O)c1C(=O)NCc1cc(C(C)(C)C)n[nH]1. The second-order valence-corrected chi connectivity index (χ2v) is 8.25. The molecule has 3 heterocycles. The van der Waals surface area contributed by atoms with E-state index in [1.54, 1.807) is 6.92 Å². The molecule has 0 saturated carbocycles. The first-order valence-corrected chi connectivity index (χ1v) is 9.44. The molecule has 0 aromatic carbocycles. The highest BCUT2D eigenvalue weighted by Crippen LogP contribution is 2.24. The van der Waals surface area contributed by atoms with Gasteiger partial charge in [0.15, 0.2) is 0 Å². The fraction of sp³-hybridized carbons (Fsp3) is 0.550. The third kappa shape index (κ3) is 4.47. The normalized spacial score (nSPS) is 17.7. The summed E-state index contributed by atoms with van der Waals surface area (Å²) < 4.78 is 5.47. The molecule has 1 unspecified atom stereocenters. The molecule has 0 aliphatic carbocycles. The van der Waals surface area contributed by atoms with Crippen LogP contribution in [0.4, 0.5) is 0 Å². The van der Waals surface area contributed by atoms with Crippen molar-refractivity contribution >= 4 is 5.91 Å². The second-order valence-electron chi connectivity index (χ2n) is 8.25. The Balaban J connectivity index is 1.71. The van der Waals surface area contributed by atoms with E-state index in [0.717, 1.165) is 37.3 Å². The molecule has 0 radical (unpaired) electrons. The van der Waals surface area contributed by atoms with E-state index in [2.05, 4.69) is 41.6 Å². The predicted octanol–water partition coefficient (Wildman–Crippen LogP) is 2.37. The van der Waals surface area contributed by atoms with Gasteiger partial charge in [-0.15, -0.1) is 0 Å². The van der Waals surface area contributed by atoms with Crippen molar-refractivity contribution < 1.29 is 9.21 Å². The van der Waals surface area contributed by atoms with Gasteiger partial charge >= 0.3 is 5.63 Å². The molecule has 1 aliphatic rings. The number of carbonyl (C=O) groups is 1. The minimum absolute atomic E-state index is 0.0677. The van der Waals surface area contributed by atoms with Gasteiger partial charge in [-0.05, 0) is 44.0 Å². The molecular weight excluding hydrogens is 344 g/mol. The van der Waals surface area contributed by atoms with Crippen molar-refractivity contribution in [3.05, 3.63) is 50.8 Å². The maximum atomic E-state index is 12.5. The maximum Gasteiger partial charge on any atom is 0.349 e. The number of nitrogens with zero attached hydrogens (tertiary/aromatic N) is 1. The Bertz CT molecular complexity index is 870. The van der Waals surface area contributed by atoms with Crippen molar-refractivity contribution in [2.75, 3.05) is 13.1 Å². The number of aromatic nitrogens is 2. The van der Waals surface area contributed by atoms with Crippen molar-refractivity contribution in [2.45, 2.75) is 58.4 Å². The van der Waals surface area contributed by atoms with Gasteiger partial charge < -0.3 is 15.1 Å². The lowest BCUT2D eigenvalue weighted by Gasteiger charge is -2.22. The smallest absolute Gasteiger partial charge is 0.349 e. The van der Waals surface area contributed by atoms with E-state index in [-0.39, 0.29) is 23.4 Å². The summed E-state index contributed by atoms with van der Waals surface area (Å²) in [6, 6.07) is 3.75. The molecular formula is C20H28N4O3. The van der Waals surface area contributed by atoms with Gasteiger partial charge in [0.25, 0.3) is 5.91 Å². The molecule has 27 heavy (non-hydrogen) atoms. The third-order valence-corrected chi connectivity index (χ3v) is 4.93. The molecule has 3 rings (SSSR count). The number of hydrogen-bond donors (Lipinski definition) is 3. The summed E-state index contributed by atoms with van der Waals surface area (Å²) >= 11 is 0. The van der Waals surface area contributed by atoms with Crippen molar-refractivity contribution in [1.82, 2.24) is 20.8 Å². The van der Waals surface area contributed by atoms with E-state index >= 15 is 0 Å². The average molecular weight is 372 g/mol. The van der Waals surface area contributed by atoms with Gasteiger partial charge in [-0.1, -0.05) is 20.8 Å². The lowest BCUT2D eigenvalue weighted by molar-refractivity contribution is 0.0945. The molecule has 0 bridgehead atoms. The predicted molar refractivity (Wildman–Crippen MR) is 103 cm³/mol. The Hall–Kier alpha value is -2.41. The van der Waals surface area contributed by atoms with Crippen molar-refractivity contribution in [2.24, 2.45) is 0 Å². The highest BCUT2D eigenvalue weighted by atomic mass is 16.4. The van der Waals surface area contributed by atoms with Crippen LogP contribution < -0.4 is 16.3 Å². The van der Waals surface area contributed by atoms with Gasteiger partial charge in [-0.25, -0.2) is 4.79 Å². The van der Waals surface area contributed by atoms with Crippen LogP contribution in [-0.4, -0.2) is 29.2 Å². The Morgan fingerprint density at radius 1 is 1.37 bits per heavy atom. The lowest BCUT2D eigenvalue weighted by Crippen LogP contribution is -2.31. The zero-order valence-electron chi connectivity index (χ0n) is 16.4. The molecule has 1 amide bonds. The monoisotopic (exact) mass is 372 g/mol. The number of aromatic amines is 1. The molecule has 1 atom stereocenters. The molecule has 146 valence electrons. The van der Waals surface area contributed by atoms with Gasteiger partial charge in [0.05, 0.1) is 17.9 Å². The van der Waals surface area contributed by atoms with Crippen LogP contribution in [-0.2, 0) is 12.0 Å². The first kappa shape index (κ1) is 19.4. The summed E-state index contributed by atoms with van der Waals surface area (Å²) in [5, 5.41) is 13.3. The molecule has 0 spiro atoms. The number of H-pyrrole nitrogens is 1. The highest BCUT2D eigenvalue weighted by Gasteiger charge is 2.23. The van der Waals surface area contributed by atoms with E-state index in [1.165, 1.54) is 0 Å². The minimum Gasteiger partial charge on any atom is -0.427 e. The van der Waals surface area contributed by atoms with E-state index in [4.69, 9.17) is 4.42 Å². The van der Waals surface area contributed by atoms with Gasteiger partial charge in [-0.2, -0.15) is 5.10 Å². The van der Waals surface area contributed by atoms with Crippen molar-refractivity contribution in [3.8, 4) is 0 Å². The van der Waals surface area contributed by atoms with Crippen LogP contribution in [0.5, 0.6) is 0 Å². The van der Waals surface area contributed by atoms with Crippen LogP contribution >= 0.6 is 0 Å². The first-order valence-electron chi connectivity index (χ1n) is 9.44. The van der Waals surface area contributed by atoms with Crippen molar-refractivity contribution in [3.63, 3.8) is 0 Å². The topological polar surface area (TPSA) is 100 Å². The lowest BCUT2D eigenvalue weighted by atomic mass is 9.92. The number of rotatable bonds is 4. The largest absolute Gasteiger partial charge is 0.427 e. The Labute approximate surface area is 158 Å². The summed E-state index contributed by atoms with van der Waals surface area (Å²) in [7, 11) is 0. The fourth-order valence-electron chi connectivity index (χ4n) is 3.30. The molecule has 1 saturated heterocycles. The molecule has 7 nitrogen and oxygen atoms in total. The quantitative estimate of drug-likeness (QED) is 0.765. The number of piperidine rings is 1. The van der Waals surface area contributed by atoms with Crippen LogP contribution in [0.25, 0.3) is 0 Å². The van der Waals surface area contributed by atoms with E-state index in [0.29, 0.717) is 11.3 Å². The van der Waals surface area contributed by atoms with Gasteiger partial charge in [0.1, 0.15) is 11.3 Å².